The quantitative estimate of drug-likeness (QED) is 0.507. The number of nitrogens with zero attached hydrogens (tertiary/aromatic N) is 4. The van der Waals surface area contributed by atoms with Crippen LogP contribution in [0.15, 0.2) is 12.7 Å². The van der Waals surface area contributed by atoms with E-state index in [1.165, 1.54) is 12.7 Å². The SMILES string of the molecule is CC1O[C@@H](n2cnc3c(N)ncnc32)C[C@@H]1OP(=O)(O)OP(=O)(O)O. The Labute approximate surface area is 140 Å². The van der Waals surface area contributed by atoms with E-state index >= 15 is 0 Å². The van der Waals surface area contributed by atoms with Crippen LogP contribution in [0.4, 0.5) is 5.82 Å². The van der Waals surface area contributed by atoms with Gasteiger partial charge in [-0.1, -0.05) is 0 Å². The van der Waals surface area contributed by atoms with Gasteiger partial charge in [-0.15, -0.1) is 0 Å². The second-order valence-corrected chi connectivity index (χ2v) is 8.08. The van der Waals surface area contributed by atoms with Gasteiger partial charge in [0, 0.05) is 6.42 Å². The summed E-state index contributed by atoms with van der Waals surface area (Å²) < 4.78 is 38.2. The summed E-state index contributed by atoms with van der Waals surface area (Å²) >= 11 is 0. The number of hydrogen-bond donors (Lipinski definition) is 4. The molecule has 13 nitrogen and oxygen atoms in total. The highest BCUT2D eigenvalue weighted by molar-refractivity contribution is 7.60. The van der Waals surface area contributed by atoms with Crippen molar-refractivity contribution in [2.45, 2.75) is 31.8 Å². The molecular formula is C10H15N5O8P2. The highest BCUT2D eigenvalue weighted by Gasteiger charge is 2.42. The Hall–Kier alpha value is -1.43. The van der Waals surface area contributed by atoms with E-state index in [9.17, 15) is 14.0 Å². The van der Waals surface area contributed by atoms with Crippen molar-refractivity contribution in [2.24, 2.45) is 0 Å². The summed E-state index contributed by atoms with van der Waals surface area (Å²) in [5.41, 5.74) is 6.49. The van der Waals surface area contributed by atoms with Gasteiger partial charge in [-0.05, 0) is 6.92 Å². The van der Waals surface area contributed by atoms with E-state index in [0.717, 1.165) is 0 Å². The van der Waals surface area contributed by atoms with E-state index < -0.39 is 34.1 Å². The monoisotopic (exact) mass is 395 g/mol. The molecule has 0 radical (unpaired) electrons. The molecule has 4 atom stereocenters. The largest absolute Gasteiger partial charge is 0.481 e. The Morgan fingerprint density at radius 3 is 2.72 bits per heavy atom. The number of phosphoric acid groups is 2. The fourth-order valence-corrected chi connectivity index (χ4v) is 4.32. The van der Waals surface area contributed by atoms with Crippen molar-refractivity contribution in [2.75, 3.05) is 5.73 Å². The van der Waals surface area contributed by atoms with E-state index in [1.54, 1.807) is 11.5 Å². The molecule has 2 unspecified atom stereocenters. The van der Waals surface area contributed by atoms with Crippen LogP contribution in [0.5, 0.6) is 0 Å². The van der Waals surface area contributed by atoms with Gasteiger partial charge >= 0.3 is 15.6 Å². The second-order valence-electron chi connectivity index (χ2n) is 5.30. The maximum atomic E-state index is 11.7. The van der Waals surface area contributed by atoms with Gasteiger partial charge in [0.2, 0.25) is 0 Å². The van der Waals surface area contributed by atoms with Crippen LogP contribution in [0, 0.1) is 0 Å². The fraction of sp³-hybridized carbons (Fsp3) is 0.500. The average Bonchev–Trinajstić information content (AvgIpc) is 3.01. The molecule has 138 valence electrons. The topological polar surface area (TPSA) is 192 Å². The Morgan fingerprint density at radius 2 is 2.04 bits per heavy atom. The Bertz CT molecular complexity index is 883. The van der Waals surface area contributed by atoms with E-state index in [1.807, 2.05) is 0 Å². The van der Waals surface area contributed by atoms with E-state index in [-0.39, 0.29) is 12.2 Å². The predicted molar refractivity (Wildman–Crippen MR) is 81.8 cm³/mol. The van der Waals surface area contributed by atoms with Gasteiger partial charge in [-0.2, -0.15) is 4.31 Å². The van der Waals surface area contributed by atoms with Gasteiger partial charge in [0.05, 0.1) is 18.5 Å². The van der Waals surface area contributed by atoms with Gasteiger partial charge in [0.15, 0.2) is 11.5 Å². The smallest absolute Gasteiger partial charge is 0.382 e. The maximum Gasteiger partial charge on any atom is 0.481 e. The molecule has 1 fully saturated rings. The third-order valence-electron chi connectivity index (χ3n) is 3.50. The summed E-state index contributed by atoms with van der Waals surface area (Å²) in [4.78, 5) is 38.8. The number of imidazole rings is 1. The van der Waals surface area contributed by atoms with Crippen LogP contribution in [0.3, 0.4) is 0 Å². The molecule has 1 aliphatic heterocycles. The first-order valence-electron chi connectivity index (χ1n) is 6.92. The molecule has 3 heterocycles. The number of phosphoric ester groups is 1. The number of nitrogens with two attached hydrogens (primary N) is 1. The lowest BCUT2D eigenvalue weighted by Gasteiger charge is -2.18. The summed E-state index contributed by atoms with van der Waals surface area (Å²) in [7, 11) is -10.2. The van der Waals surface area contributed by atoms with Crippen molar-refractivity contribution in [3.63, 3.8) is 0 Å². The molecule has 15 heteroatoms. The summed E-state index contributed by atoms with van der Waals surface area (Å²) in [6.45, 7) is 1.57. The van der Waals surface area contributed by atoms with Crippen LogP contribution < -0.4 is 5.73 Å². The van der Waals surface area contributed by atoms with E-state index in [4.69, 9.17) is 24.8 Å². The molecule has 1 aliphatic rings. The molecule has 0 bridgehead atoms. The minimum atomic E-state index is -5.19. The molecule has 0 aliphatic carbocycles. The van der Waals surface area contributed by atoms with Crippen molar-refractivity contribution in [1.82, 2.24) is 19.5 Å². The number of fused-ring (bicyclic) bond motifs is 1. The van der Waals surface area contributed by atoms with E-state index in [2.05, 4.69) is 19.3 Å². The maximum absolute atomic E-state index is 11.7. The first kappa shape index (κ1) is 18.4. The molecule has 0 aromatic carbocycles. The van der Waals surface area contributed by atoms with Crippen molar-refractivity contribution in [1.29, 1.82) is 0 Å². The highest BCUT2D eigenvalue weighted by atomic mass is 31.3. The van der Waals surface area contributed by atoms with Gasteiger partial charge < -0.3 is 25.2 Å². The average molecular weight is 395 g/mol. The number of ether oxygens (including phenoxy) is 1. The van der Waals surface area contributed by atoms with Gasteiger partial charge in [0.25, 0.3) is 0 Å². The molecule has 3 rings (SSSR count). The number of nitrogen functional groups attached to an aromatic ring is 1. The number of aromatic nitrogens is 4. The molecule has 0 spiro atoms. The van der Waals surface area contributed by atoms with Gasteiger partial charge in [0.1, 0.15) is 18.1 Å². The number of hydrogen-bond acceptors (Lipinski definition) is 9. The van der Waals surface area contributed by atoms with E-state index in [0.29, 0.717) is 11.2 Å². The zero-order valence-electron chi connectivity index (χ0n) is 12.7. The molecule has 25 heavy (non-hydrogen) atoms. The van der Waals surface area contributed by atoms with Crippen molar-refractivity contribution >= 4 is 32.6 Å². The lowest BCUT2D eigenvalue weighted by atomic mass is 10.2. The third kappa shape index (κ3) is 4.05. The second kappa shape index (κ2) is 6.38. The van der Waals surface area contributed by atoms with Crippen molar-refractivity contribution in [3.8, 4) is 0 Å². The lowest BCUT2D eigenvalue weighted by molar-refractivity contribution is -0.00650. The predicted octanol–water partition coefficient (Wildman–Crippen LogP) is 0.311. The molecule has 0 saturated carbocycles. The van der Waals surface area contributed by atoms with Crippen LogP contribution in [0.1, 0.15) is 19.6 Å². The normalized spacial score (nSPS) is 26.8. The van der Waals surface area contributed by atoms with Crippen LogP contribution in [0.2, 0.25) is 0 Å². The van der Waals surface area contributed by atoms with Crippen LogP contribution in [-0.2, 0) is 22.7 Å². The number of anilines is 1. The molecule has 1 saturated heterocycles. The summed E-state index contributed by atoms with van der Waals surface area (Å²) in [5.74, 6) is 0.192. The lowest BCUT2D eigenvalue weighted by Crippen LogP contribution is -2.20. The highest BCUT2D eigenvalue weighted by Crippen LogP contribution is 2.59. The minimum absolute atomic E-state index is 0.0889. The Kier molecular flexibility index (Phi) is 4.69. The van der Waals surface area contributed by atoms with Gasteiger partial charge in [-0.25, -0.2) is 24.1 Å². The zero-order valence-corrected chi connectivity index (χ0v) is 14.5. The molecular weight excluding hydrogens is 380 g/mol. The fourth-order valence-electron chi connectivity index (χ4n) is 2.49. The minimum Gasteiger partial charge on any atom is -0.382 e. The Balaban J connectivity index is 1.78. The summed E-state index contributed by atoms with van der Waals surface area (Å²) in [5, 5.41) is 0. The van der Waals surface area contributed by atoms with Crippen LogP contribution >= 0.6 is 15.6 Å². The standard InChI is InChI=1S/C10H15N5O8P2/c1-5-6(22-25(19,20)23-24(16,17)18)2-7(21-5)15-4-14-8-9(11)12-3-13-10(8)15/h3-7H,2H2,1H3,(H,19,20)(H2,11,12,13)(H2,16,17,18)/t5?,6-,7+/m0/s1. The van der Waals surface area contributed by atoms with Crippen LogP contribution in [-0.4, -0.2) is 46.4 Å². The first-order chi connectivity index (χ1) is 11.6. The molecule has 5 N–H and O–H groups in total. The number of rotatable bonds is 5. The third-order valence-corrected chi connectivity index (χ3v) is 5.72. The van der Waals surface area contributed by atoms with Crippen molar-refractivity contribution in [3.05, 3.63) is 12.7 Å². The van der Waals surface area contributed by atoms with Crippen molar-refractivity contribution < 1.29 is 37.4 Å². The Morgan fingerprint density at radius 1 is 1.32 bits per heavy atom. The zero-order chi connectivity index (χ0) is 18.4. The molecule has 2 aromatic rings. The summed E-state index contributed by atoms with van der Waals surface area (Å²) in [6, 6.07) is 0. The summed E-state index contributed by atoms with van der Waals surface area (Å²) in [6.07, 6.45) is 0.518. The van der Waals surface area contributed by atoms with Gasteiger partial charge in [-0.3, -0.25) is 9.09 Å². The first-order valence-corrected chi connectivity index (χ1v) is 9.95. The molecule has 0 amide bonds. The molecule has 2 aromatic heterocycles. The van der Waals surface area contributed by atoms with Crippen LogP contribution in [0.25, 0.3) is 11.2 Å².